The maximum absolute atomic E-state index is 6.22. The Hall–Kier alpha value is -1.01. The average Bonchev–Trinajstić information content (AvgIpc) is 2.66. The molecule has 0 aliphatic heterocycles. The number of nitrogens with one attached hydrogen (secondary N) is 1. The van der Waals surface area contributed by atoms with Gasteiger partial charge in [0.15, 0.2) is 0 Å². The van der Waals surface area contributed by atoms with Crippen LogP contribution >= 0.6 is 56.8 Å². The number of aromatic nitrogens is 4. The number of nitrogens with zero attached hydrogens (tertiary/aromatic N) is 4. The SMILES string of the molecule is Clc1cc2ncc(I)cc2c(O[C@H]2CC[C@@H](Nc3ncc(I)cn3)CC2)n1. The second kappa shape index (κ2) is 8.56. The zero-order valence-electron chi connectivity index (χ0n) is 14.2. The van der Waals surface area contributed by atoms with Gasteiger partial charge in [0.25, 0.3) is 0 Å². The van der Waals surface area contributed by atoms with Gasteiger partial charge in [-0.05, 0) is 76.9 Å². The minimum Gasteiger partial charge on any atom is -0.474 e. The molecular weight excluding hydrogens is 591 g/mol. The maximum Gasteiger partial charge on any atom is 0.224 e. The van der Waals surface area contributed by atoms with Gasteiger partial charge < -0.3 is 10.1 Å². The molecule has 4 rings (SSSR count). The molecule has 0 atom stereocenters. The van der Waals surface area contributed by atoms with E-state index in [1.165, 1.54) is 0 Å². The van der Waals surface area contributed by atoms with E-state index in [0.29, 0.717) is 23.0 Å². The monoisotopic (exact) mass is 607 g/mol. The number of rotatable bonds is 4. The fourth-order valence-corrected chi connectivity index (χ4v) is 4.09. The summed E-state index contributed by atoms with van der Waals surface area (Å²) in [6.07, 6.45) is 9.43. The van der Waals surface area contributed by atoms with Gasteiger partial charge in [-0.3, -0.25) is 4.98 Å². The van der Waals surface area contributed by atoms with Crippen molar-refractivity contribution in [2.75, 3.05) is 5.32 Å². The van der Waals surface area contributed by atoms with Crippen molar-refractivity contribution in [1.82, 2.24) is 19.9 Å². The molecule has 3 heterocycles. The van der Waals surface area contributed by atoms with Crippen molar-refractivity contribution in [1.29, 1.82) is 0 Å². The third-order valence-electron chi connectivity index (χ3n) is 4.49. The highest BCUT2D eigenvalue weighted by Gasteiger charge is 2.24. The number of ether oxygens (including phenoxy) is 1. The molecule has 1 N–H and O–H groups in total. The van der Waals surface area contributed by atoms with Crippen LogP contribution in [0.2, 0.25) is 5.15 Å². The molecule has 0 saturated heterocycles. The van der Waals surface area contributed by atoms with Gasteiger partial charge in [0.05, 0.1) is 10.9 Å². The van der Waals surface area contributed by atoms with E-state index in [4.69, 9.17) is 16.3 Å². The van der Waals surface area contributed by atoms with Crippen molar-refractivity contribution < 1.29 is 4.74 Å². The quantitative estimate of drug-likeness (QED) is 0.330. The van der Waals surface area contributed by atoms with Gasteiger partial charge in [-0.25, -0.2) is 15.0 Å². The Labute approximate surface area is 189 Å². The lowest BCUT2D eigenvalue weighted by Gasteiger charge is -2.29. The zero-order valence-corrected chi connectivity index (χ0v) is 19.3. The molecule has 0 spiro atoms. The van der Waals surface area contributed by atoms with Crippen LogP contribution in [0.25, 0.3) is 10.9 Å². The number of fused-ring (bicyclic) bond motifs is 1. The Morgan fingerprint density at radius 2 is 1.67 bits per heavy atom. The van der Waals surface area contributed by atoms with E-state index in [2.05, 4.69) is 70.4 Å². The Bertz CT molecular complexity index is 948. The summed E-state index contributed by atoms with van der Waals surface area (Å²) in [6, 6.07) is 4.15. The highest BCUT2D eigenvalue weighted by atomic mass is 127. The topological polar surface area (TPSA) is 72.8 Å². The summed E-state index contributed by atoms with van der Waals surface area (Å²) in [7, 11) is 0. The smallest absolute Gasteiger partial charge is 0.224 e. The molecule has 6 nitrogen and oxygen atoms in total. The van der Waals surface area contributed by atoms with Crippen LogP contribution in [0, 0.1) is 7.14 Å². The molecule has 1 aliphatic carbocycles. The van der Waals surface area contributed by atoms with Gasteiger partial charge in [-0.2, -0.15) is 0 Å². The first-order chi connectivity index (χ1) is 13.1. The molecule has 0 bridgehead atoms. The van der Waals surface area contributed by atoms with E-state index < -0.39 is 0 Å². The van der Waals surface area contributed by atoms with E-state index in [0.717, 1.165) is 43.7 Å². The molecule has 1 fully saturated rings. The molecular formula is C18H16ClI2N5O. The Kier molecular flexibility index (Phi) is 6.12. The summed E-state index contributed by atoms with van der Waals surface area (Å²) in [5.41, 5.74) is 0.802. The van der Waals surface area contributed by atoms with Crippen LogP contribution in [0.1, 0.15) is 25.7 Å². The molecule has 1 saturated carbocycles. The second-order valence-electron chi connectivity index (χ2n) is 6.43. The largest absolute Gasteiger partial charge is 0.474 e. The molecule has 3 aromatic rings. The Balaban J connectivity index is 1.41. The summed E-state index contributed by atoms with van der Waals surface area (Å²) in [5.74, 6) is 1.25. The molecule has 0 unspecified atom stereocenters. The second-order valence-corrected chi connectivity index (χ2v) is 9.31. The number of hydrogen-bond donors (Lipinski definition) is 1. The summed E-state index contributed by atoms with van der Waals surface area (Å²) in [6.45, 7) is 0. The molecule has 3 aromatic heterocycles. The Morgan fingerprint density at radius 1 is 0.963 bits per heavy atom. The van der Waals surface area contributed by atoms with Gasteiger partial charge >= 0.3 is 0 Å². The highest BCUT2D eigenvalue weighted by Crippen LogP contribution is 2.30. The van der Waals surface area contributed by atoms with E-state index in [1.54, 1.807) is 6.07 Å². The van der Waals surface area contributed by atoms with E-state index in [-0.39, 0.29) is 6.10 Å². The predicted molar refractivity (Wildman–Crippen MR) is 122 cm³/mol. The van der Waals surface area contributed by atoms with Crippen molar-refractivity contribution >= 4 is 73.6 Å². The standard InChI is InChI=1S/C18H16ClI2N5O/c19-16-6-15-14(5-10(20)7-22-15)17(26-16)27-13-3-1-12(2-4-13)25-18-23-8-11(21)9-24-18/h5-9,12-13H,1-4H2,(H,23,24,25)/t12-,13+. The zero-order chi connectivity index (χ0) is 18.8. The number of anilines is 1. The van der Waals surface area contributed by atoms with Crippen LogP contribution in [-0.4, -0.2) is 32.1 Å². The van der Waals surface area contributed by atoms with Gasteiger partial charge in [-0.1, -0.05) is 11.6 Å². The molecule has 9 heteroatoms. The first-order valence-electron chi connectivity index (χ1n) is 8.59. The molecule has 0 amide bonds. The van der Waals surface area contributed by atoms with Crippen molar-refractivity contribution in [3.63, 3.8) is 0 Å². The predicted octanol–water partition coefficient (Wildman–Crippen LogP) is 5.08. The summed E-state index contributed by atoms with van der Waals surface area (Å²) in [5, 5.41) is 4.71. The summed E-state index contributed by atoms with van der Waals surface area (Å²) < 4.78 is 8.29. The lowest BCUT2D eigenvalue weighted by molar-refractivity contribution is 0.146. The summed E-state index contributed by atoms with van der Waals surface area (Å²) >= 11 is 10.6. The summed E-state index contributed by atoms with van der Waals surface area (Å²) in [4.78, 5) is 17.5. The molecule has 27 heavy (non-hydrogen) atoms. The fraction of sp³-hybridized carbons (Fsp3) is 0.333. The number of halogens is 3. The first kappa shape index (κ1) is 19.3. The fourth-order valence-electron chi connectivity index (χ4n) is 3.18. The van der Waals surface area contributed by atoms with Crippen LogP contribution in [0.15, 0.2) is 30.7 Å². The van der Waals surface area contributed by atoms with Crippen molar-refractivity contribution in [3.8, 4) is 5.88 Å². The van der Waals surface area contributed by atoms with Crippen LogP contribution in [0.3, 0.4) is 0 Å². The number of pyridine rings is 2. The van der Waals surface area contributed by atoms with Gasteiger partial charge in [0.2, 0.25) is 11.8 Å². The van der Waals surface area contributed by atoms with Crippen molar-refractivity contribution in [2.24, 2.45) is 0 Å². The molecule has 0 radical (unpaired) electrons. The van der Waals surface area contributed by atoms with Gasteiger partial charge in [0.1, 0.15) is 11.3 Å². The van der Waals surface area contributed by atoms with Gasteiger partial charge in [0, 0.05) is 37.8 Å². The molecule has 140 valence electrons. The lowest BCUT2D eigenvalue weighted by Crippen LogP contribution is -2.32. The average molecular weight is 608 g/mol. The maximum atomic E-state index is 6.22. The third kappa shape index (κ3) is 4.89. The minimum atomic E-state index is 0.118. The number of hydrogen-bond acceptors (Lipinski definition) is 6. The molecule has 1 aliphatic rings. The van der Waals surface area contributed by atoms with Crippen LogP contribution in [-0.2, 0) is 0 Å². The van der Waals surface area contributed by atoms with Crippen molar-refractivity contribution in [2.45, 2.75) is 37.8 Å². The normalized spacial score (nSPS) is 19.8. The van der Waals surface area contributed by atoms with E-state index in [9.17, 15) is 0 Å². The Morgan fingerprint density at radius 3 is 2.41 bits per heavy atom. The lowest BCUT2D eigenvalue weighted by atomic mass is 9.93. The van der Waals surface area contributed by atoms with Crippen LogP contribution in [0.4, 0.5) is 5.95 Å². The van der Waals surface area contributed by atoms with Crippen molar-refractivity contribution in [3.05, 3.63) is 43.0 Å². The third-order valence-corrected chi connectivity index (χ3v) is 5.83. The van der Waals surface area contributed by atoms with Gasteiger partial charge in [-0.15, -0.1) is 0 Å². The highest BCUT2D eigenvalue weighted by molar-refractivity contribution is 14.1. The minimum absolute atomic E-state index is 0.118. The van der Waals surface area contributed by atoms with Crippen LogP contribution in [0.5, 0.6) is 5.88 Å². The van der Waals surface area contributed by atoms with Crippen LogP contribution < -0.4 is 10.1 Å². The van der Waals surface area contributed by atoms with E-state index >= 15 is 0 Å². The first-order valence-corrected chi connectivity index (χ1v) is 11.1. The van der Waals surface area contributed by atoms with E-state index in [1.807, 2.05) is 24.7 Å². The molecule has 0 aromatic carbocycles.